The maximum absolute atomic E-state index is 12.4. The first-order valence-electron chi connectivity index (χ1n) is 6.17. The predicted octanol–water partition coefficient (Wildman–Crippen LogP) is 1.33. The third kappa shape index (κ3) is 3.55. The fourth-order valence-corrected chi connectivity index (χ4v) is 4.21. The van der Waals surface area contributed by atoms with Crippen molar-refractivity contribution in [1.29, 1.82) is 0 Å². The van der Waals surface area contributed by atoms with Gasteiger partial charge in [-0.3, -0.25) is 9.36 Å². The first-order valence-corrected chi connectivity index (χ1v) is 8.94. The smallest absolute Gasteiger partial charge is 0.342 e. The van der Waals surface area contributed by atoms with Crippen LogP contribution in [0, 0.1) is 0 Å². The van der Waals surface area contributed by atoms with Crippen LogP contribution in [0.25, 0.3) is 0 Å². The van der Waals surface area contributed by atoms with E-state index >= 15 is 0 Å². The molecule has 7 nitrogen and oxygen atoms in total. The van der Waals surface area contributed by atoms with E-state index in [1.807, 2.05) is 0 Å². The lowest BCUT2D eigenvalue weighted by molar-refractivity contribution is -0.152. The lowest BCUT2D eigenvalue weighted by atomic mass is 10.2. The van der Waals surface area contributed by atoms with Crippen LogP contribution < -0.4 is 0 Å². The number of amides is 1. The molecular formula is C11H20NO6PS. The van der Waals surface area contributed by atoms with E-state index in [9.17, 15) is 14.2 Å². The van der Waals surface area contributed by atoms with Crippen LogP contribution >= 0.6 is 19.4 Å². The Morgan fingerprint density at radius 2 is 2.00 bits per heavy atom. The normalized spacial score (nSPS) is 20.8. The summed E-state index contributed by atoms with van der Waals surface area (Å²) in [6.45, 7) is 3.44. The average Bonchev–Trinajstić information content (AvgIpc) is 2.94. The topological polar surface area (TPSA) is 82.1 Å². The Balaban J connectivity index is 2.85. The highest BCUT2D eigenvalue weighted by molar-refractivity contribution is 7.99. The Morgan fingerprint density at radius 3 is 2.50 bits per heavy atom. The largest absolute Gasteiger partial charge is 0.464 e. The van der Waals surface area contributed by atoms with E-state index in [0.717, 1.165) is 0 Å². The molecule has 0 N–H and O–H groups in total. The number of ether oxygens (including phenoxy) is 1. The zero-order chi connectivity index (χ0) is 15.3. The van der Waals surface area contributed by atoms with E-state index in [1.165, 1.54) is 37.8 Å². The highest BCUT2D eigenvalue weighted by Gasteiger charge is 2.44. The van der Waals surface area contributed by atoms with Crippen LogP contribution in [0.15, 0.2) is 0 Å². The summed E-state index contributed by atoms with van der Waals surface area (Å²) in [6, 6.07) is -0.642. The molecule has 1 rings (SSSR count). The van der Waals surface area contributed by atoms with E-state index in [0.29, 0.717) is 11.6 Å². The SMILES string of the molecule is CCOC(=O)C1CSCN1C(=O)C(C)P(=O)(OC)OC. The molecule has 1 aliphatic rings. The molecule has 2 atom stereocenters. The van der Waals surface area contributed by atoms with Crippen molar-refractivity contribution in [2.75, 3.05) is 32.5 Å². The number of rotatable bonds is 6. The maximum Gasteiger partial charge on any atom is 0.342 e. The van der Waals surface area contributed by atoms with Gasteiger partial charge in [0.05, 0.1) is 12.5 Å². The summed E-state index contributed by atoms with van der Waals surface area (Å²) in [6.07, 6.45) is 0. The fraction of sp³-hybridized carbons (Fsp3) is 0.818. The van der Waals surface area contributed by atoms with Gasteiger partial charge in [0.25, 0.3) is 0 Å². The Kier molecular flexibility index (Phi) is 6.51. The molecule has 9 heteroatoms. The highest BCUT2D eigenvalue weighted by atomic mass is 32.2. The van der Waals surface area contributed by atoms with Gasteiger partial charge >= 0.3 is 13.6 Å². The van der Waals surface area contributed by atoms with Gasteiger partial charge in [0.2, 0.25) is 5.91 Å². The zero-order valence-electron chi connectivity index (χ0n) is 12.0. The molecule has 1 aliphatic heterocycles. The molecule has 0 aromatic heterocycles. The number of carbonyl (C=O) groups is 2. The second-order valence-electron chi connectivity index (χ2n) is 4.16. The summed E-state index contributed by atoms with van der Waals surface area (Å²) in [4.78, 5) is 25.6. The van der Waals surface area contributed by atoms with Crippen LogP contribution in [0.4, 0.5) is 0 Å². The quantitative estimate of drug-likeness (QED) is 0.538. The van der Waals surface area contributed by atoms with Crippen molar-refractivity contribution in [2.24, 2.45) is 0 Å². The molecule has 1 amide bonds. The summed E-state index contributed by atoms with van der Waals surface area (Å²) >= 11 is 1.45. The molecule has 20 heavy (non-hydrogen) atoms. The summed E-state index contributed by atoms with van der Waals surface area (Å²) < 4.78 is 26.9. The Hall–Kier alpha value is -0.560. The van der Waals surface area contributed by atoms with Gasteiger partial charge in [0.15, 0.2) is 0 Å². The molecule has 2 unspecified atom stereocenters. The number of hydrogen-bond donors (Lipinski definition) is 0. The van der Waals surface area contributed by atoms with Crippen LogP contribution in [-0.2, 0) is 27.9 Å². The monoisotopic (exact) mass is 325 g/mol. The van der Waals surface area contributed by atoms with Crippen molar-refractivity contribution in [2.45, 2.75) is 25.5 Å². The summed E-state index contributed by atoms with van der Waals surface area (Å²) in [5, 5.41) is 0. The van der Waals surface area contributed by atoms with E-state index in [1.54, 1.807) is 6.92 Å². The maximum atomic E-state index is 12.4. The average molecular weight is 325 g/mol. The molecule has 0 aliphatic carbocycles. The van der Waals surface area contributed by atoms with Gasteiger partial charge in [-0.25, -0.2) is 4.79 Å². The second kappa shape index (κ2) is 7.45. The number of thioether (sulfide) groups is 1. The summed E-state index contributed by atoms with van der Waals surface area (Å²) in [5.74, 6) is -0.0374. The minimum Gasteiger partial charge on any atom is -0.464 e. The molecular weight excluding hydrogens is 305 g/mol. The van der Waals surface area contributed by atoms with Gasteiger partial charge in [-0.1, -0.05) is 0 Å². The van der Waals surface area contributed by atoms with Crippen molar-refractivity contribution >= 4 is 31.2 Å². The highest BCUT2D eigenvalue weighted by Crippen LogP contribution is 2.52. The zero-order valence-corrected chi connectivity index (χ0v) is 13.7. The third-order valence-corrected chi connectivity index (χ3v) is 6.26. The second-order valence-corrected chi connectivity index (χ2v) is 7.74. The minimum atomic E-state index is -3.51. The molecule has 0 bridgehead atoms. The van der Waals surface area contributed by atoms with Gasteiger partial charge in [-0.2, -0.15) is 0 Å². The van der Waals surface area contributed by atoms with E-state index < -0.39 is 31.2 Å². The van der Waals surface area contributed by atoms with Crippen molar-refractivity contribution in [3.05, 3.63) is 0 Å². The minimum absolute atomic E-state index is 0.256. The van der Waals surface area contributed by atoms with Gasteiger partial charge in [0.1, 0.15) is 11.7 Å². The van der Waals surface area contributed by atoms with Gasteiger partial charge < -0.3 is 18.7 Å². The van der Waals surface area contributed by atoms with Crippen LogP contribution in [-0.4, -0.2) is 60.9 Å². The number of hydrogen-bond acceptors (Lipinski definition) is 7. The first kappa shape index (κ1) is 17.5. The van der Waals surface area contributed by atoms with Crippen molar-refractivity contribution in [1.82, 2.24) is 4.90 Å². The molecule has 0 saturated carbocycles. The molecule has 1 heterocycles. The van der Waals surface area contributed by atoms with Gasteiger partial charge in [0, 0.05) is 20.0 Å². The van der Waals surface area contributed by atoms with Crippen molar-refractivity contribution in [3.8, 4) is 0 Å². The predicted molar refractivity (Wildman–Crippen MR) is 75.7 cm³/mol. The van der Waals surface area contributed by atoms with E-state index in [-0.39, 0.29) is 6.61 Å². The molecule has 0 radical (unpaired) electrons. The molecule has 0 aromatic carbocycles. The molecule has 0 spiro atoms. The van der Waals surface area contributed by atoms with Gasteiger partial charge in [-0.05, 0) is 13.8 Å². The van der Waals surface area contributed by atoms with Crippen LogP contribution in [0.5, 0.6) is 0 Å². The fourth-order valence-electron chi connectivity index (χ4n) is 1.86. The Bertz CT molecular complexity index is 410. The molecule has 116 valence electrons. The van der Waals surface area contributed by atoms with Crippen molar-refractivity contribution < 1.29 is 27.9 Å². The number of carbonyl (C=O) groups excluding carboxylic acids is 2. The number of nitrogens with zero attached hydrogens (tertiary/aromatic N) is 1. The number of esters is 1. The Labute approximate surface area is 122 Å². The van der Waals surface area contributed by atoms with E-state index in [4.69, 9.17) is 13.8 Å². The standard InChI is InChI=1S/C11H20NO6PS/c1-5-18-11(14)9-6-20-7-12(9)10(13)8(2)19(15,16-3)17-4/h8-9H,5-7H2,1-4H3. The summed E-state index contributed by atoms with van der Waals surface area (Å²) in [7, 11) is -1.04. The molecule has 1 fully saturated rings. The summed E-state index contributed by atoms with van der Waals surface area (Å²) in [5.41, 5.74) is -0.965. The molecule has 0 aromatic rings. The Morgan fingerprint density at radius 1 is 1.40 bits per heavy atom. The van der Waals surface area contributed by atoms with Crippen LogP contribution in [0.3, 0.4) is 0 Å². The van der Waals surface area contributed by atoms with Crippen molar-refractivity contribution in [3.63, 3.8) is 0 Å². The third-order valence-electron chi connectivity index (χ3n) is 3.06. The van der Waals surface area contributed by atoms with Crippen LogP contribution in [0.1, 0.15) is 13.8 Å². The molecule has 1 saturated heterocycles. The van der Waals surface area contributed by atoms with E-state index in [2.05, 4.69) is 0 Å². The lowest BCUT2D eigenvalue weighted by Gasteiger charge is -2.27. The van der Waals surface area contributed by atoms with Crippen LogP contribution in [0.2, 0.25) is 0 Å². The van der Waals surface area contributed by atoms with Gasteiger partial charge in [-0.15, -0.1) is 11.8 Å². The first-order chi connectivity index (χ1) is 9.41. The lowest BCUT2D eigenvalue weighted by Crippen LogP contribution is -2.46.